The molecule has 1 aromatic rings. The van der Waals surface area contributed by atoms with Gasteiger partial charge < -0.3 is 10.0 Å². The third-order valence-electron chi connectivity index (χ3n) is 3.33. The summed E-state index contributed by atoms with van der Waals surface area (Å²) in [4.78, 5) is 14.2. The van der Waals surface area contributed by atoms with Crippen molar-refractivity contribution in [2.24, 2.45) is 0 Å². The molecule has 0 bridgehead atoms. The highest BCUT2D eigenvalue weighted by Crippen LogP contribution is 2.28. The zero-order valence-corrected chi connectivity index (χ0v) is 12.2. The Morgan fingerprint density at radius 3 is 2.58 bits per heavy atom. The quantitative estimate of drug-likeness (QED) is 0.898. The van der Waals surface area contributed by atoms with Gasteiger partial charge in [0.05, 0.1) is 12.1 Å². The highest BCUT2D eigenvalue weighted by atomic mass is 16.3. The van der Waals surface area contributed by atoms with E-state index >= 15 is 0 Å². The van der Waals surface area contributed by atoms with Crippen molar-refractivity contribution < 1.29 is 9.90 Å². The van der Waals surface area contributed by atoms with Crippen LogP contribution in [0.25, 0.3) is 0 Å². The molecule has 2 rings (SSSR count). The molecule has 19 heavy (non-hydrogen) atoms. The molecule has 1 fully saturated rings. The number of rotatable bonds is 4. The number of aliphatic hydroxyl groups is 1. The van der Waals surface area contributed by atoms with Gasteiger partial charge in [-0.2, -0.15) is 5.10 Å². The number of carbonyl (C=O) groups is 1. The van der Waals surface area contributed by atoms with E-state index in [9.17, 15) is 4.79 Å². The Morgan fingerprint density at radius 2 is 2.16 bits per heavy atom. The molecule has 1 aliphatic rings. The van der Waals surface area contributed by atoms with Gasteiger partial charge in [-0.25, -0.2) is 0 Å². The average Bonchev–Trinajstić information content (AvgIpc) is 3.06. The van der Waals surface area contributed by atoms with Gasteiger partial charge in [-0.05, 0) is 46.6 Å². The van der Waals surface area contributed by atoms with Crippen LogP contribution in [0.3, 0.4) is 0 Å². The van der Waals surface area contributed by atoms with Gasteiger partial charge in [0, 0.05) is 18.3 Å². The highest BCUT2D eigenvalue weighted by molar-refractivity contribution is 5.92. The first kappa shape index (κ1) is 14.1. The molecule has 0 aliphatic heterocycles. The van der Waals surface area contributed by atoms with Crippen molar-refractivity contribution in [1.82, 2.24) is 14.7 Å². The zero-order chi connectivity index (χ0) is 14.2. The van der Waals surface area contributed by atoms with Crippen molar-refractivity contribution in [1.29, 1.82) is 0 Å². The van der Waals surface area contributed by atoms with E-state index in [4.69, 9.17) is 5.11 Å². The number of amides is 1. The van der Waals surface area contributed by atoms with Crippen LogP contribution in [0.15, 0.2) is 6.07 Å². The largest absolute Gasteiger partial charge is 0.395 e. The molecular formula is C14H23N3O2. The molecule has 1 saturated carbocycles. The van der Waals surface area contributed by atoms with Crippen LogP contribution in [0.5, 0.6) is 0 Å². The second-order valence-corrected chi connectivity index (χ2v) is 6.21. The summed E-state index contributed by atoms with van der Waals surface area (Å²) in [5, 5.41) is 13.5. The second-order valence-electron chi connectivity index (χ2n) is 6.21. The predicted molar refractivity (Wildman–Crippen MR) is 73.1 cm³/mol. The van der Waals surface area contributed by atoms with Gasteiger partial charge in [-0.15, -0.1) is 0 Å². The lowest BCUT2D eigenvalue weighted by molar-refractivity contribution is 0.0700. The molecule has 0 atom stereocenters. The third kappa shape index (κ3) is 2.97. The van der Waals surface area contributed by atoms with Gasteiger partial charge >= 0.3 is 0 Å². The lowest BCUT2D eigenvalue weighted by atomic mass is 10.1. The minimum atomic E-state index is -0.135. The van der Waals surface area contributed by atoms with Crippen LogP contribution in [-0.2, 0) is 5.54 Å². The maximum Gasteiger partial charge on any atom is 0.274 e. The molecule has 5 heteroatoms. The van der Waals surface area contributed by atoms with Crippen molar-refractivity contribution in [2.45, 2.75) is 52.1 Å². The predicted octanol–water partition coefficient (Wildman–Crippen LogP) is 1.54. The number of hydrogen-bond donors (Lipinski definition) is 1. The van der Waals surface area contributed by atoms with E-state index in [0.29, 0.717) is 18.3 Å². The Bertz CT molecular complexity index is 470. The number of aryl methyl sites for hydroxylation is 1. The van der Waals surface area contributed by atoms with E-state index in [1.165, 1.54) is 0 Å². The molecule has 0 unspecified atom stereocenters. The van der Waals surface area contributed by atoms with E-state index in [1.807, 2.05) is 17.7 Å². The van der Waals surface area contributed by atoms with Crippen LogP contribution < -0.4 is 0 Å². The summed E-state index contributed by atoms with van der Waals surface area (Å²) in [5.74, 6) is -0.0670. The molecule has 1 aliphatic carbocycles. The van der Waals surface area contributed by atoms with Gasteiger partial charge in [0.2, 0.25) is 0 Å². The van der Waals surface area contributed by atoms with Gasteiger partial charge in [0.1, 0.15) is 0 Å². The minimum Gasteiger partial charge on any atom is -0.395 e. The monoisotopic (exact) mass is 265 g/mol. The SMILES string of the molecule is Cc1cc(C(=O)N(CCO)C2CC2)nn1C(C)(C)C. The van der Waals surface area contributed by atoms with Crippen molar-refractivity contribution >= 4 is 5.91 Å². The summed E-state index contributed by atoms with van der Waals surface area (Å²) in [7, 11) is 0. The minimum absolute atomic E-state index is 0.00119. The van der Waals surface area contributed by atoms with Crippen molar-refractivity contribution in [3.63, 3.8) is 0 Å². The fourth-order valence-corrected chi connectivity index (χ4v) is 2.35. The fraction of sp³-hybridized carbons (Fsp3) is 0.714. The highest BCUT2D eigenvalue weighted by Gasteiger charge is 2.34. The van der Waals surface area contributed by atoms with Crippen molar-refractivity contribution in [3.05, 3.63) is 17.5 Å². The van der Waals surface area contributed by atoms with Crippen molar-refractivity contribution in [2.75, 3.05) is 13.2 Å². The number of aromatic nitrogens is 2. The first-order valence-corrected chi connectivity index (χ1v) is 6.83. The van der Waals surface area contributed by atoms with Crippen LogP contribution in [0.1, 0.15) is 49.8 Å². The van der Waals surface area contributed by atoms with Crippen LogP contribution in [0.2, 0.25) is 0 Å². The molecule has 5 nitrogen and oxygen atoms in total. The Kier molecular flexibility index (Phi) is 3.67. The molecule has 1 heterocycles. The lowest BCUT2D eigenvalue weighted by Gasteiger charge is -2.22. The smallest absolute Gasteiger partial charge is 0.274 e. The molecule has 0 aromatic carbocycles. The fourth-order valence-electron chi connectivity index (χ4n) is 2.35. The van der Waals surface area contributed by atoms with Crippen LogP contribution >= 0.6 is 0 Å². The summed E-state index contributed by atoms with van der Waals surface area (Å²) in [5.41, 5.74) is 1.33. The van der Waals surface area contributed by atoms with Crippen molar-refractivity contribution in [3.8, 4) is 0 Å². The summed E-state index contributed by atoms with van der Waals surface area (Å²) in [6, 6.07) is 2.13. The topological polar surface area (TPSA) is 58.4 Å². The number of hydrogen-bond acceptors (Lipinski definition) is 3. The molecule has 1 aromatic heterocycles. The van der Waals surface area contributed by atoms with Crippen LogP contribution in [-0.4, -0.2) is 44.9 Å². The third-order valence-corrected chi connectivity index (χ3v) is 3.33. The summed E-state index contributed by atoms with van der Waals surface area (Å²) in [6.07, 6.45) is 2.06. The van der Waals surface area contributed by atoms with Crippen LogP contribution in [0.4, 0.5) is 0 Å². The molecule has 106 valence electrons. The Labute approximate surface area is 114 Å². The van der Waals surface area contributed by atoms with Gasteiger partial charge in [0.25, 0.3) is 5.91 Å². The second kappa shape index (κ2) is 4.96. The molecule has 0 spiro atoms. The normalized spacial score (nSPS) is 15.6. The van der Waals surface area contributed by atoms with Gasteiger partial charge in [0.15, 0.2) is 5.69 Å². The van der Waals surface area contributed by atoms with Crippen LogP contribution in [0, 0.1) is 6.92 Å². The van der Waals surface area contributed by atoms with E-state index in [-0.39, 0.29) is 18.1 Å². The summed E-state index contributed by atoms with van der Waals surface area (Å²) < 4.78 is 1.88. The van der Waals surface area contributed by atoms with E-state index < -0.39 is 0 Å². The molecule has 0 radical (unpaired) electrons. The van der Waals surface area contributed by atoms with E-state index in [1.54, 1.807) is 4.90 Å². The number of aliphatic hydroxyl groups excluding tert-OH is 1. The number of carbonyl (C=O) groups excluding carboxylic acids is 1. The molecular weight excluding hydrogens is 242 g/mol. The Hall–Kier alpha value is -1.36. The lowest BCUT2D eigenvalue weighted by Crippen LogP contribution is -2.36. The Morgan fingerprint density at radius 1 is 1.53 bits per heavy atom. The molecule has 1 N–H and O–H groups in total. The Balaban J connectivity index is 2.23. The summed E-state index contributed by atoms with van der Waals surface area (Å²) >= 11 is 0. The van der Waals surface area contributed by atoms with Gasteiger partial charge in [-0.1, -0.05) is 0 Å². The maximum absolute atomic E-state index is 12.4. The van der Waals surface area contributed by atoms with E-state index in [2.05, 4.69) is 25.9 Å². The molecule has 0 saturated heterocycles. The van der Waals surface area contributed by atoms with E-state index in [0.717, 1.165) is 18.5 Å². The summed E-state index contributed by atoms with van der Waals surface area (Å²) in [6.45, 7) is 8.55. The average molecular weight is 265 g/mol. The maximum atomic E-state index is 12.4. The first-order chi connectivity index (χ1) is 8.84. The standard InChI is InChI=1S/C14H23N3O2/c1-10-9-12(15-17(10)14(2,3)4)13(19)16(7-8-18)11-5-6-11/h9,11,18H,5-8H2,1-4H3. The van der Waals surface area contributed by atoms with Gasteiger partial charge in [-0.3, -0.25) is 9.48 Å². The number of nitrogens with zero attached hydrogens (tertiary/aromatic N) is 3. The first-order valence-electron chi connectivity index (χ1n) is 6.83. The molecule has 1 amide bonds. The zero-order valence-electron chi connectivity index (χ0n) is 12.2.